The summed E-state index contributed by atoms with van der Waals surface area (Å²) in [6, 6.07) is 5.49. The van der Waals surface area contributed by atoms with E-state index in [4.69, 9.17) is 4.74 Å². The SMILES string of the molecule is COc1ccc(N[C@H](C(=O)OCc2ccccc2)C(F)(F)C(F)(F)C(F)(F)C(F)(F)C(F)(F)C(F)(F)C(F)(F)F)cc1. The summed E-state index contributed by atoms with van der Waals surface area (Å²) in [6.45, 7) is -1.02. The summed E-state index contributed by atoms with van der Waals surface area (Å²) >= 11 is 0. The van der Waals surface area contributed by atoms with E-state index in [0.717, 1.165) is 19.2 Å². The molecule has 236 valence electrons. The van der Waals surface area contributed by atoms with Crippen LogP contribution in [0.5, 0.6) is 5.75 Å². The number of esters is 1. The van der Waals surface area contributed by atoms with Crippen LogP contribution in [0.1, 0.15) is 5.56 Å². The van der Waals surface area contributed by atoms with Crippen molar-refractivity contribution in [2.45, 2.75) is 54.4 Å². The molecule has 42 heavy (non-hydrogen) atoms. The van der Waals surface area contributed by atoms with E-state index in [2.05, 4.69) is 4.74 Å². The van der Waals surface area contributed by atoms with E-state index in [9.17, 15) is 61.9 Å². The number of alkyl halides is 15. The van der Waals surface area contributed by atoms with Gasteiger partial charge in [-0.3, -0.25) is 0 Å². The zero-order chi connectivity index (χ0) is 32.6. The third kappa shape index (κ3) is 5.73. The molecule has 2 aromatic carbocycles. The van der Waals surface area contributed by atoms with Crippen molar-refractivity contribution in [3.8, 4) is 5.75 Å². The summed E-state index contributed by atoms with van der Waals surface area (Å²) in [4.78, 5) is 12.4. The minimum Gasteiger partial charge on any atom is -0.497 e. The summed E-state index contributed by atoms with van der Waals surface area (Å²) in [5.41, 5.74) is -0.827. The van der Waals surface area contributed by atoms with Gasteiger partial charge in [-0.15, -0.1) is 0 Å². The van der Waals surface area contributed by atoms with Gasteiger partial charge in [0.2, 0.25) is 0 Å². The first kappa shape index (κ1) is 34.7. The monoisotopic (exact) mass is 639 g/mol. The molecule has 0 fully saturated rings. The van der Waals surface area contributed by atoms with Gasteiger partial charge in [-0.25, -0.2) is 4.79 Å². The number of rotatable bonds is 12. The van der Waals surface area contributed by atoms with Gasteiger partial charge in [0, 0.05) is 5.69 Å². The average Bonchev–Trinajstić information content (AvgIpc) is 2.89. The van der Waals surface area contributed by atoms with E-state index < -0.39 is 66.0 Å². The first-order chi connectivity index (χ1) is 18.9. The lowest BCUT2D eigenvalue weighted by Crippen LogP contribution is -2.74. The molecule has 0 radical (unpaired) electrons. The van der Waals surface area contributed by atoms with Crippen LogP contribution in [0, 0.1) is 0 Å². The molecule has 0 spiro atoms. The molecule has 4 nitrogen and oxygen atoms in total. The summed E-state index contributed by atoms with van der Waals surface area (Å²) in [7, 11) is 1.10. The Kier molecular flexibility index (Phi) is 9.30. The first-order valence-corrected chi connectivity index (χ1v) is 10.8. The van der Waals surface area contributed by atoms with E-state index in [0.29, 0.717) is 12.1 Å². The van der Waals surface area contributed by atoms with Crippen LogP contribution in [0.4, 0.5) is 71.5 Å². The van der Waals surface area contributed by atoms with Crippen molar-refractivity contribution in [3.63, 3.8) is 0 Å². The van der Waals surface area contributed by atoms with Crippen LogP contribution in [-0.4, -0.2) is 60.8 Å². The smallest absolute Gasteiger partial charge is 0.460 e. The molecule has 1 N–H and O–H groups in total. The van der Waals surface area contributed by atoms with E-state index in [-0.39, 0.29) is 11.3 Å². The third-order valence-corrected chi connectivity index (χ3v) is 5.58. The standard InChI is InChI=1S/C23H16F15NO3/c1-41-14-9-7-13(8-10-14)39-15(16(40)42-11-12-5-3-2-4-6-12)17(24,25)18(26,27)19(28,29)20(30,31)21(32,33)22(34,35)23(36,37)38/h2-10,15,39H,11H2,1H3/t15-/m1/s1. The lowest BCUT2D eigenvalue weighted by atomic mass is 9.88. The van der Waals surface area contributed by atoms with Crippen LogP contribution in [0.25, 0.3) is 0 Å². The molecule has 2 rings (SSSR count). The minimum absolute atomic E-state index is 0.0185. The van der Waals surface area contributed by atoms with Gasteiger partial charge in [0.05, 0.1) is 7.11 Å². The number of halogens is 15. The van der Waals surface area contributed by atoms with E-state index in [1.54, 1.807) is 0 Å². The molecule has 0 aliphatic rings. The molecule has 0 saturated carbocycles. The molecule has 0 aliphatic carbocycles. The second-order valence-corrected chi connectivity index (χ2v) is 8.39. The lowest BCUT2D eigenvalue weighted by Gasteiger charge is -2.42. The van der Waals surface area contributed by atoms with Crippen molar-refractivity contribution in [2.24, 2.45) is 0 Å². The highest BCUT2D eigenvalue weighted by Crippen LogP contribution is 2.62. The number of carbonyl (C=O) groups is 1. The number of hydrogen-bond acceptors (Lipinski definition) is 4. The van der Waals surface area contributed by atoms with Crippen molar-refractivity contribution >= 4 is 11.7 Å². The van der Waals surface area contributed by atoms with Gasteiger partial charge in [0.15, 0.2) is 6.04 Å². The summed E-state index contributed by atoms with van der Waals surface area (Å²) < 4.78 is 215. The number of anilines is 1. The van der Waals surface area contributed by atoms with Gasteiger partial charge in [0.25, 0.3) is 0 Å². The zero-order valence-corrected chi connectivity index (χ0v) is 20.4. The summed E-state index contributed by atoms with van der Waals surface area (Å²) in [6.07, 6.45) is -7.73. The normalized spacial score (nSPS) is 14.8. The van der Waals surface area contributed by atoms with Gasteiger partial charge in [-0.05, 0) is 29.8 Å². The van der Waals surface area contributed by atoms with Gasteiger partial charge in [-0.2, -0.15) is 65.9 Å². The van der Waals surface area contributed by atoms with Gasteiger partial charge in [-0.1, -0.05) is 30.3 Å². The second-order valence-electron chi connectivity index (χ2n) is 8.39. The predicted octanol–water partition coefficient (Wildman–Crippen LogP) is 7.59. The van der Waals surface area contributed by atoms with Crippen LogP contribution in [0.15, 0.2) is 54.6 Å². The Morgan fingerprint density at radius 1 is 0.667 bits per heavy atom. The van der Waals surface area contributed by atoms with Crippen molar-refractivity contribution in [1.82, 2.24) is 0 Å². The second kappa shape index (κ2) is 11.3. The van der Waals surface area contributed by atoms with E-state index >= 15 is 8.78 Å². The maximum absolute atomic E-state index is 15.0. The molecule has 0 bridgehead atoms. The predicted molar refractivity (Wildman–Crippen MR) is 112 cm³/mol. The topological polar surface area (TPSA) is 47.6 Å². The molecule has 19 heteroatoms. The number of nitrogens with one attached hydrogen (secondary N) is 1. The number of ether oxygens (including phenoxy) is 2. The number of methoxy groups -OCH3 is 1. The van der Waals surface area contributed by atoms with Gasteiger partial charge in [0.1, 0.15) is 12.4 Å². The van der Waals surface area contributed by atoms with Crippen LogP contribution in [0.2, 0.25) is 0 Å². The minimum atomic E-state index is -8.50. The van der Waals surface area contributed by atoms with Crippen LogP contribution in [0.3, 0.4) is 0 Å². The van der Waals surface area contributed by atoms with Crippen molar-refractivity contribution in [3.05, 3.63) is 60.2 Å². The highest BCUT2D eigenvalue weighted by molar-refractivity contribution is 5.81. The molecule has 0 amide bonds. The maximum atomic E-state index is 15.0. The maximum Gasteiger partial charge on any atom is 0.460 e. The highest BCUT2D eigenvalue weighted by atomic mass is 19.4. The van der Waals surface area contributed by atoms with Crippen molar-refractivity contribution in [1.29, 1.82) is 0 Å². The molecule has 0 aliphatic heterocycles. The average molecular weight is 639 g/mol. The Hall–Kier alpha value is -3.54. The Morgan fingerprint density at radius 3 is 1.57 bits per heavy atom. The van der Waals surface area contributed by atoms with Crippen molar-refractivity contribution < 1.29 is 80.1 Å². The molecule has 0 aromatic heterocycles. The molecule has 2 aromatic rings. The quantitative estimate of drug-likeness (QED) is 0.192. The third-order valence-electron chi connectivity index (χ3n) is 5.58. The fraction of sp³-hybridized carbons (Fsp3) is 0.435. The molecular weight excluding hydrogens is 623 g/mol. The number of benzene rings is 2. The Balaban J connectivity index is 2.61. The highest BCUT2D eigenvalue weighted by Gasteiger charge is 2.94. The number of hydrogen-bond donors (Lipinski definition) is 1. The summed E-state index contributed by atoms with van der Waals surface area (Å²) in [5.74, 6) is -50.9. The fourth-order valence-corrected chi connectivity index (χ4v) is 3.12. The van der Waals surface area contributed by atoms with Crippen LogP contribution >= 0.6 is 0 Å². The van der Waals surface area contributed by atoms with Crippen LogP contribution in [-0.2, 0) is 16.1 Å². The van der Waals surface area contributed by atoms with Crippen LogP contribution < -0.4 is 10.1 Å². The van der Waals surface area contributed by atoms with E-state index in [1.165, 1.54) is 35.6 Å². The van der Waals surface area contributed by atoms with E-state index in [1.807, 2.05) is 0 Å². The number of carbonyl (C=O) groups excluding carboxylic acids is 1. The molecule has 0 heterocycles. The van der Waals surface area contributed by atoms with Gasteiger partial charge < -0.3 is 14.8 Å². The molecular formula is C23H16F15NO3. The van der Waals surface area contributed by atoms with Gasteiger partial charge >= 0.3 is 47.7 Å². The first-order valence-electron chi connectivity index (χ1n) is 10.8. The Morgan fingerprint density at radius 2 is 1.12 bits per heavy atom. The van der Waals surface area contributed by atoms with Crippen molar-refractivity contribution in [2.75, 3.05) is 12.4 Å². The molecule has 1 atom stereocenters. The zero-order valence-electron chi connectivity index (χ0n) is 20.4. The summed E-state index contributed by atoms with van der Waals surface area (Å²) in [5, 5.41) is 1.28. The fourth-order valence-electron chi connectivity index (χ4n) is 3.12. The largest absolute Gasteiger partial charge is 0.497 e. The molecule has 0 unspecified atom stereocenters. The Labute approximate surface area is 225 Å². The Bertz CT molecular complexity index is 1220. The lowest BCUT2D eigenvalue weighted by molar-refractivity contribution is -0.452. The molecule has 0 saturated heterocycles.